The van der Waals surface area contributed by atoms with Gasteiger partial charge >= 0.3 is 0 Å². The van der Waals surface area contributed by atoms with Gasteiger partial charge in [0.05, 0.1) is 32.0 Å². The Morgan fingerprint density at radius 1 is 0.905 bits per heavy atom. The highest BCUT2D eigenvalue weighted by atomic mass is 79.9. The molecule has 4 N–H and O–H groups in total. The molecule has 4 nitrogen and oxygen atoms in total. The first-order valence-corrected chi connectivity index (χ1v) is 7.78. The minimum Gasteiger partial charge on any atom is -0.397 e. The van der Waals surface area contributed by atoms with Crippen LogP contribution in [-0.4, -0.2) is 8.75 Å². The van der Waals surface area contributed by atoms with Crippen LogP contribution >= 0.6 is 43.6 Å². The largest absolute Gasteiger partial charge is 0.397 e. The standard InChI is InChI=1S/C6H2BrFN2S.C6H6BrFN2/c7-3-1-2-4-6(5(3)8)10-11-9-4;7-3-1-2-4(9)6(10)5(3)8/h1-2H;1-2H,9-10H2. The lowest BCUT2D eigenvalue weighted by Crippen LogP contribution is -1.97. The lowest BCUT2D eigenvalue weighted by atomic mass is 10.3. The smallest absolute Gasteiger partial charge is 0.166 e. The predicted molar refractivity (Wildman–Crippen MR) is 88.0 cm³/mol. The molecule has 0 aliphatic heterocycles. The molecule has 110 valence electrons. The molecule has 0 aliphatic carbocycles. The van der Waals surface area contributed by atoms with Crippen molar-refractivity contribution < 1.29 is 8.78 Å². The second-order valence-corrected chi connectivity index (χ2v) is 6.09. The van der Waals surface area contributed by atoms with Crippen LogP contribution in [0.25, 0.3) is 11.0 Å². The lowest BCUT2D eigenvalue weighted by molar-refractivity contribution is 0.626. The highest BCUT2D eigenvalue weighted by Gasteiger charge is 2.07. The Hall–Kier alpha value is -1.32. The lowest BCUT2D eigenvalue weighted by Gasteiger charge is -2.01. The number of nitrogen functional groups attached to an aromatic ring is 2. The van der Waals surface area contributed by atoms with Crippen molar-refractivity contribution in [2.45, 2.75) is 0 Å². The zero-order chi connectivity index (χ0) is 15.6. The van der Waals surface area contributed by atoms with Gasteiger partial charge < -0.3 is 11.5 Å². The van der Waals surface area contributed by atoms with E-state index in [-0.39, 0.29) is 17.2 Å². The van der Waals surface area contributed by atoms with Crippen molar-refractivity contribution >= 4 is 66.0 Å². The number of hydrogen-bond donors (Lipinski definition) is 2. The topological polar surface area (TPSA) is 77.8 Å². The summed E-state index contributed by atoms with van der Waals surface area (Å²) in [5.74, 6) is -0.837. The average molecular weight is 438 g/mol. The molecule has 1 aromatic heterocycles. The number of aromatic nitrogens is 2. The molecule has 0 amide bonds. The van der Waals surface area contributed by atoms with Gasteiger partial charge in [0.2, 0.25) is 0 Å². The van der Waals surface area contributed by atoms with Crippen LogP contribution in [0.1, 0.15) is 0 Å². The summed E-state index contributed by atoms with van der Waals surface area (Å²) in [6.45, 7) is 0. The highest BCUT2D eigenvalue weighted by molar-refractivity contribution is 9.10. The van der Waals surface area contributed by atoms with Crippen molar-refractivity contribution in [3.05, 3.63) is 44.8 Å². The number of fused-ring (bicyclic) bond motifs is 1. The summed E-state index contributed by atoms with van der Waals surface area (Å²) in [4.78, 5) is 0. The Kier molecular flexibility index (Phi) is 5.07. The van der Waals surface area contributed by atoms with Gasteiger partial charge in [-0.05, 0) is 56.1 Å². The SMILES string of the molecule is Fc1c(Br)ccc2nsnc12.Nc1ccc(Br)c(F)c1N. The Morgan fingerprint density at radius 3 is 2.19 bits per heavy atom. The van der Waals surface area contributed by atoms with Gasteiger partial charge in [-0.1, -0.05) is 0 Å². The fraction of sp³-hybridized carbons (Fsp3) is 0. The molecular weight excluding hydrogens is 430 g/mol. The van der Waals surface area contributed by atoms with Gasteiger partial charge in [0.15, 0.2) is 11.6 Å². The number of nitrogens with two attached hydrogens (primary N) is 2. The van der Waals surface area contributed by atoms with Crippen molar-refractivity contribution in [2.75, 3.05) is 11.5 Å². The molecule has 3 rings (SSSR count). The zero-order valence-corrected chi connectivity index (χ0v) is 14.3. The van der Waals surface area contributed by atoms with E-state index in [0.717, 1.165) is 11.7 Å². The molecule has 21 heavy (non-hydrogen) atoms. The molecule has 0 spiro atoms. The van der Waals surface area contributed by atoms with Crippen LogP contribution in [0.3, 0.4) is 0 Å². The first-order valence-electron chi connectivity index (χ1n) is 5.47. The molecule has 9 heteroatoms. The maximum absolute atomic E-state index is 13.1. The molecule has 0 atom stereocenters. The third-order valence-corrected chi connectivity index (χ3v) is 4.25. The first kappa shape index (κ1) is 16.1. The van der Waals surface area contributed by atoms with Crippen LogP contribution in [-0.2, 0) is 0 Å². The minimum atomic E-state index is -0.500. The van der Waals surface area contributed by atoms with Gasteiger partial charge in [-0.25, -0.2) is 8.78 Å². The average Bonchev–Trinajstić information content (AvgIpc) is 2.95. The van der Waals surface area contributed by atoms with E-state index in [0.29, 0.717) is 20.0 Å². The molecule has 0 radical (unpaired) electrons. The third kappa shape index (κ3) is 3.47. The molecule has 2 aromatic carbocycles. The van der Waals surface area contributed by atoms with Crippen LogP contribution in [0.4, 0.5) is 20.2 Å². The van der Waals surface area contributed by atoms with Gasteiger partial charge in [-0.2, -0.15) is 8.75 Å². The molecule has 1 heterocycles. The van der Waals surface area contributed by atoms with E-state index in [1.165, 1.54) is 6.07 Å². The van der Waals surface area contributed by atoms with Crippen molar-refractivity contribution in [3.63, 3.8) is 0 Å². The zero-order valence-electron chi connectivity index (χ0n) is 10.3. The summed E-state index contributed by atoms with van der Waals surface area (Å²) >= 11 is 7.05. The summed E-state index contributed by atoms with van der Waals surface area (Å²) < 4.78 is 34.3. The maximum Gasteiger partial charge on any atom is 0.166 e. The van der Waals surface area contributed by atoms with Crippen LogP contribution < -0.4 is 11.5 Å². The van der Waals surface area contributed by atoms with Crippen molar-refractivity contribution in [1.29, 1.82) is 0 Å². The van der Waals surface area contributed by atoms with E-state index in [1.807, 2.05) is 0 Å². The first-order chi connectivity index (χ1) is 9.91. The second kappa shape index (κ2) is 6.63. The van der Waals surface area contributed by atoms with Gasteiger partial charge in [0.25, 0.3) is 0 Å². The molecule has 3 aromatic rings. The Bertz CT molecular complexity index is 767. The Morgan fingerprint density at radius 2 is 1.52 bits per heavy atom. The number of rotatable bonds is 0. The third-order valence-electron chi connectivity index (χ3n) is 2.49. The van der Waals surface area contributed by atoms with E-state index >= 15 is 0 Å². The summed E-state index contributed by atoms with van der Waals surface area (Å²) in [5, 5.41) is 0. The fourth-order valence-electron chi connectivity index (χ4n) is 1.38. The predicted octanol–water partition coefficient (Wildman–Crippen LogP) is 4.35. The van der Waals surface area contributed by atoms with E-state index in [1.54, 1.807) is 18.2 Å². The van der Waals surface area contributed by atoms with Crippen LogP contribution in [0.5, 0.6) is 0 Å². The minimum absolute atomic E-state index is 0.00521. The fourth-order valence-corrected chi connectivity index (χ4v) is 2.57. The second-order valence-electron chi connectivity index (χ2n) is 3.86. The van der Waals surface area contributed by atoms with Crippen LogP contribution in [0.2, 0.25) is 0 Å². The monoisotopic (exact) mass is 436 g/mol. The summed E-state index contributed by atoms with van der Waals surface area (Å²) in [6.07, 6.45) is 0. The van der Waals surface area contributed by atoms with Crippen molar-refractivity contribution in [3.8, 4) is 0 Å². The number of hydrogen-bond acceptors (Lipinski definition) is 5. The van der Waals surface area contributed by atoms with Gasteiger partial charge in [0, 0.05) is 0 Å². The van der Waals surface area contributed by atoms with Gasteiger partial charge in [-0.3, -0.25) is 0 Å². The summed E-state index contributed by atoms with van der Waals surface area (Å²) in [5.41, 5.74) is 11.8. The number of benzene rings is 2. The van der Waals surface area contributed by atoms with Crippen LogP contribution in [0.15, 0.2) is 33.2 Å². The Labute approximate surface area is 139 Å². The van der Waals surface area contributed by atoms with E-state index in [9.17, 15) is 8.78 Å². The highest BCUT2D eigenvalue weighted by Crippen LogP contribution is 2.25. The van der Waals surface area contributed by atoms with E-state index in [2.05, 4.69) is 40.6 Å². The molecule has 0 bridgehead atoms. The van der Waals surface area contributed by atoms with E-state index in [4.69, 9.17) is 11.5 Å². The molecule has 0 fully saturated rings. The maximum atomic E-state index is 13.1. The number of anilines is 2. The number of halogens is 4. The Balaban J connectivity index is 0.000000155. The molecule has 0 saturated carbocycles. The van der Waals surface area contributed by atoms with Crippen molar-refractivity contribution in [1.82, 2.24) is 8.75 Å². The quantitative estimate of drug-likeness (QED) is 0.512. The normalized spacial score (nSPS) is 10.3. The summed E-state index contributed by atoms with van der Waals surface area (Å²) in [6, 6.07) is 6.41. The van der Waals surface area contributed by atoms with Crippen LogP contribution in [0, 0.1) is 11.6 Å². The molecule has 0 saturated heterocycles. The molecule has 0 aliphatic rings. The van der Waals surface area contributed by atoms with Gasteiger partial charge in [-0.15, -0.1) is 0 Å². The number of nitrogens with zero attached hydrogens (tertiary/aromatic N) is 2. The van der Waals surface area contributed by atoms with Gasteiger partial charge in [0.1, 0.15) is 11.0 Å². The summed E-state index contributed by atoms with van der Waals surface area (Å²) in [7, 11) is 0. The van der Waals surface area contributed by atoms with E-state index < -0.39 is 5.82 Å². The van der Waals surface area contributed by atoms with Crippen molar-refractivity contribution in [2.24, 2.45) is 0 Å². The molecule has 0 unspecified atom stereocenters. The molecular formula is C12H8Br2F2N4S.